The van der Waals surface area contributed by atoms with E-state index in [0.29, 0.717) is 10.2 Å². The van der Waals surface area contributed by atoms with E-state index in [-0.39, 0.29) is 26.9 Å². The number of carbonyl (C=O) groups is 1. The molecule has 0 bridgehead atoms. The molecule has 4 rings (SSSR count). The number of nitrogens with one attached hydrogen (secondary N) is 2. The van der Waals surface area contributed by atoms with Crippen molar-refractivity contribution in [3.63, 3.8) is 0 Å². The molecule has 0 unspecified atom stereocenters. The van der Waals surface area contributed by atoms with Crippen molar-refractivity contribution in [1.29, 1.82) is 0 Å². The first-order chi connectivity index (χ1) is 17.2. The standard InChI is InChI=1S/C23H15BrFN5O6/c24-17-8-13(11-26-29-22(32)16-6-1-2-7-18(16)28-23(29)33)9-19(30(34)35)21(17)36-12-20(31)27-15-5-3-4-14(25)10-15/h1-11H,12H2,(H,27,31)(H,28,33). The fraction of sp³-hybridized carbons (Fsp3) is 0.0435. The molecule has 13 heteroatoms. The van der Waals surface area contributed by atoms with Crippen LogP contribution in [0.4, 0.5) is 15.8 Å². The summed E-state index contributed by atoms with van der Waals surface area (Å²) >= 11 is 3.17. The molecule has 0 aliphatic rings. The Kier molecular flexibility index (Phi) is 7.01. The maximum Gasteiger partial charge on any atom is 0.349 e. The van der Waals surface area contributed by atoms with Gasteiger partial charge in [-0.25, -0.2) is 9.18 Å². The van der Waals surface area contributed by atoms with E-state index in [1.165, 1.54) is 30.3 Å². The van der Waals surface area contributed by atoms with Crippen molar-refractivity contribution in [2.45, 2.75) is 0 Å². The van der Waals surface area contributed by atoms with E-state index in [1.54, 1.807) is 18.2 Å². The SMILES string of the molecule is O=C(COc1c(Br)cc(C=Nn2c(=O)[nH]c3ccccc3c2=O)cc1[N+](=O)[O-])Nc1cccc(F)c1. The average molecular weight is 556 g/mol. The van der Waals surface area contributed by atoms with Gasteiger partial charge in [0.2, 0.25) is 5.75 Å². The number of nitrogens with zero attached hydrogens (tertiary/aromatic N) is 3. The zero-order chi connectivity index (χ0) is 25.8. The first-order valence-electron chi connectivity index (χ1n) is 10.2. The van der Waals surface area contributed by atoms with Gasteiger partial charge in [-0.05, 0) is 52.3 Å². The third-order valence-electron chi connectivity index (χ3n) is 4.81. The number of halogens is 2. The second-order valence-electron chi connectivity index (χ2n) is 7.29. The molecule has 0 atom stereocenters. The van der Waals surface area contributed by atoms with Gasteiger partial charge in [-0.15, -0.1) is 4.68 Å². The number of benzene rings is 3. The van der Waals surface area contributed by atoms with Crippen LogP contribution in [0.1, 0.15) is 5.56 Å². The zero-order valence-corrected chi connectivity index (χ0v) is 19.7. The van der Waals surface area contributed by atoms with Crippen LogP contribution in [0.2, 0.25) is 0 Å². The molecule has 0 aliphatic heterocycles. The molecular formula is C23H15BrFN5O6. The number of H-pyrrole nitrogens is 1. The van der Waals surface area contributed by atoms with Crippen LogP contribution in [0.3, 0.4) is 0 Å². The number of amides is 1. The number of hydrogen-bond acceptors (Lipinski definition) is 7. The quantitative estimate of drug-likeness (QED) is 0.203. The fourth-order valence-electron chi connectivity index (χ4n) is 3.24. The second kappa shape index (κ2) is 10.3. The van der Waals surface area contributed by atoms with Crippen molar-refractivity contribution in [3.8, 4) is 5.75 Å². The number of aromatic amines is 1. The van der Waals surface area contributed by atoms with Crippen molar-refractivity contribution < 1.29 is 18.8 Å². The predicted octanol–water partition coefficient (Wildman–Crippen LogP) is 3.40. The lowest BCUT2D eigenvalue weighted by Gasteiger charge is -2.10. The predicted molar refractivity (Wildman–Crippen MR) is 133 cm³/mol. The summed E-state index contributed by atoms with van der Waals surface area (Å²) < 4.78 is 19.3. The molecule has 36 heavy (non-hydrogen) atoms. The van der Waals surface area contributed by atoms with Gasteiger partial charge in [0.05, 0.1) is 26.5 Å². The van der Waals surface area contributed by atoms with Gasteiger partial charge in [-0.1, -0.05) is 18.2 Å². The van der Waals surface area contributed by atoms with Crippen molar-refractivity contribution in [2.24, 2.45) is 5.10 Å². The lowest BCUT2D eigenvalue weighted by molar-refractivity contribution is -0.385. The van der Waals surface area contributed by atoms with E-state index in [4.69, 9.17) is 4.74 Å². The Morgan fingerprint density at radius 1 is 1.19 bits per heavy atom. The molecule has 0 spiro atoms. The number of nitro groups is 1. The molecule has 1 heterocycles. The number of anilines is 1. The zero-order valence-electron chi connectivity index (χ0n) is 18.1. The molecule has 4 aromatic rings. The Labute approximate surface area is 209 Å². The Balaban J connectivity index is 1.58. The van der Waals surface area contributed by atoms with Gasteiger partial charge in [0.25, 0.3) is 11.5 Å². The number of aromatic nitrogens is 2. The van der Waals surface area contributed by atoms with Crippen LogP contribution in [-0.4, -0.2) is 33.3 Å². The van der Waals surface area contributed by atoms with E-state index in [9.17, 15) is 28.9 Å². The molecule has 0 saturated heterocycles. The highest BCUT2D eigenvalue weighted by atomic mass is 79.9. The molecule has 182 valence electrons. The molecule has 2 N–H and O–H groups in total. The minimum atomic E-state index is -0.784. The number of carbonyl (C=O) groups excluding carboxylic acids is 1. The van der Waals surface area contributed by atoms with Crippen LogP contribution < -0.4 is 21.3 Å². The van der Waals surface area contributed by atoms with Gasteiger partial charge in [0, 0.05) is 17.3 Å². The van der Waals surface area contributed by atoms with Crippen LogP contribution in [0.15, 0.2) is 79.8 Å². The number of hydrogen-bond donors (Lipinski definition) is 2. The highest BCUT2D eigenvalue weighted by molar-refractivity contribution is 9.10. The first-order valence-corrected chi connectivity index (χ1v) is 11.0. The van der Waals surface area contributed by atoms with Crippen molar-refractivity contribution >= 4 is 50.3 Å². The second-order valence-corrected chi connectivity index (χ2v) is 8.15. The monoisotopic (exact) mass is 555 g/mol. The number of rotatable bonds is 7. The minimum absolute atomic E-state index is 0.122. The molecule has 3 aromatic carbocycles. The summed E-state index contributed by atoms with van der Waals surface area (Å²) in [6.07, 6.45) is 1.10. The third kappa shape index (κ3) is 5.36. The van der Waals surface area contributed by atoms with Gasteiger partial charge in [-0.3, -0.25) is 19.7 Å². The maximum atomic E-state index is 13.3. The summed E-state index contributed by atoms with van der Waals surface area (Å²) in [6, 6.07) is 14.1. The van der Waals surface area contributed by atoms with E-state index >= 15 is 0 Å². The summed E-state index contributed by atoms with van der Waals surface area (Å²) in [4.78, 5) is 50.5. The number of nitro benzene ring substituents is 1. The van der Waals surface area contributed by atoms with Gasteiger partial charge in [0.15, 0.2) is 6.61 Å². The Bertz CT molecular complexity index is 1650. The number of fused-ring (bicyclic) bond motifs is 1. The van der Waals surface area contributed by atoms with E-state index in [1.807, 2.05) is 0 Å². The first kappa shape index (κ1) is 24.5. The van der Waals surface area contributed by atoms with Gasteiger partial charge in [0.1, 0.15) is 5.82 Å². The normalized spacial score (nSPS) is 11.1. The van der Waals surface area contributed by atoms with Crippen LogP contribution in [0, 0.1) is 15.9 Å². The van der Waals surface area contributed by atoms with Gasteiger partial charge >= 0.3 is 11.4 Å². The topological polar surface area (TPSA) is 149 Å². The van der Waals surface area contributed by atoms with Crippen LogP contribution in [0.25, 0.3) is 10.9 Å². The molecule has 0 radical (unpaired) electrons. The third-order valence-corrected chi connectivity index (χ3v) is 5.39. The van der Waals surface area contributed by atoms with Crippen molar-refractivity contribution in [1.82, 2.24) is 9.66 Å². The summed E-state index contributed by atoms with van der Waals surface area (Å²) in [7, 11) is 0. The molecule has 11 nitrogen and oxygen atoms in total. The lowest BCUT2D eigenvalue weighted by atomic mass is 10.2. The fourth-order valence-corrected chi connectivity index (χ4v) is 3.82. The summed E-state index contributed by atoms with van der Waals surface area (Å²) in [5.74, 6) is -1.44. The van der Waals surface area contributed by atoms with Gasteiger partial charge in [-0.2, -0.15) is 5.10 Å². The Morgan fingerprint density at radius 2 is 1.97 bits per heavy atom. The molecule has 0 aliphatic carbocycles. The highest BCUT2D eigenvalue weighted by Gasteiger charge is 2.21. The number of para-hydroxylation sites is 1. The molecule has 0 fully saturated rings. The van der Waals surface area contributed by atoms with E-state index in [0.717, 1.165) is 18.3 Å². The number of ether oxygens (including phenoxy) is 1. The maximum absolute atomic E-state index is 13.3. The van der Waals surface area contributed by atoms with Crippen LogP contribution in [-0.2, 0) is 4.79 Å². The van der Waals surface area contributed by atoms with Crippen LogP contribution in [0.5, 0.6) is 5.75 Å². The summed E-state index contributed by atoms with van der Waals surface area (Å²) in [5.41, 5.74) is -1.23. The van der Waals surface area contributed by atoms with Crippen LogP contribution >= 0.6 is 15.9 Å². The highest BCUT2D eigenvalue weighted by Crippen LogP contribution is 2.36. The van der Waals surface area contributed by atoms with E-state index in [2.05, 4.69) is 31.3 Å². The molecule has 1 amide bonds. The lowest BCUT2D eigenvalue weighted by Crippen LogP contribution is -2.32. The Hall–Kier alpha value is -4.65. The van der Waals surface area contributed by atoms with Crippen molar-refractivity contribution in [2.75, 3.05) is 11.9 Å². The molecule has 1 aromatic heterocycles. The Morgan fingerprint density at radius 3 is 2.72 bits per heavy atom. The van der Waals surface area contributed by atoms with E-state index < -0.39 is 40.2 Å². The average Bonchev–Trinajstić information content (AvgIpc) is 2.83. The summed E-state index contributed by atoms with van der Waals surface area (Å²) in [6.45, 7) is -0.592. The minimum Gasteiger partial charge on any atom is -0.476 e. The molecular weight excluding hydrogens is 541 g/mol. The summed E-state index contributed by atoms with van der Waals surface area (Å²) in [5, 5.41) is 18.2. The van der Waals surface area contributed by atoms with Crippen molar-refractivity contribution in [3.05, 3.63) is 107 Å². The molecule has 0 saturated carbocycles. The van der Waals surface area contributed by atoms with Gasteiger partial charge < -0.3 is 15.0 Å². The smallest absolute Gasteiger partial charge is 0.349 e. The largest absolute Gasteiger partial charge is 0.476 e.